The summed E-state index contributed by atoms with van der Waals surface area (Å²) < 4.78 is 6.26. The highest BCUT2D eigenvalue weighted by molar-refractivity contribution is 9.10. The molecule has 0 saturated carbocycles. The molecule has 0 heterocycles. The van der Waals surface area contributed by atoms with Gasteiger partial charge in [-0.05, 0) is 51.0 Å². The second-order valence-corrected chi connectivity index (χ2v) is 7.14. The zero-order valence-electron chi connectivity index (χ0n) is 14.1. The first kappa shape index (κ1) is 20.0. The summed E-state index contributed by atoms with van der Waals surface area (Å²) in [5, 5.41) is 8.63. The number of carboxylic acids is 1. The highest BCUT2D eigenvalue weighted by Crippen LogP contribution is 2.22. The fourth-order valence-corrected chi connectivity index (χ4v) is 2.27. The molecule has 1 aromatic carbocycles. The van der Waals surface area contributed by atoms with Crippen LogP contribution in [-0.4, -0.2) is 34.2 Å². The number of nitrogens with zero attached hydrogens (tertiary/aromatic N) is 1. The Labute approximate surface area is 150 Å². The Kier molecular flexibility index (Phi) is 7.28. The molecule has 0 atom stereocenters. The monoisotopic (exact) mass is 398 g/mol. The Morgan fingerprint density at radius 2 is 2.04 bits per heavy atom. The van der Waals surface area contributed by atoms with Crippen LogP contribution in [0.5, 0.6) is 0 Å². The van der Waals surface area contributed by atoms with Gasteiger partial charge in [-0.1, -0.05) is 22.0 Å². The third kappa shape index (κ3) is 7.50. The number of hydrogen-bond acceptors (Lipinski definition) is 4. The number of ether oxygens (including phenoxy) is 1. The highest BCUT2D eigenvalue weighted by Gasteiger charge is 2.22. The van der Waals surface area contributed by atoms with Crippen molar-refractivity contribution in [2.45, 2.75) is 39.3 Å². The van der Waals surface area contributed by atoms with E-state index in [9.17, 15) is 9.59 Å². The van der Waals surface area contributed by atoms with Crippen LogP contribution in [0.15, 0.2) is 34.8 Å². The van der Waals surface area contributed by atoms with Gasteiger partial charge in [0.2, 0.25) is 0 Å². The molecule has 0 spiro atoms. The van der Waals surface area contributed by atoms with Gasteiger partial charge in [0.25, 0.3) is 0 Å². The lowest BCUT2D eigenvalue weighted by Gasteiger charge is -2.27. The van der Waals surface area contributed by atoms with E-state index in [1.54, 1.807) is 32.9 Å². The SMILES string of the molecule is CC(C)(C)OC(=O)N(CCC=CC(=O)O)Cc1cc(N)ccc1Br. The number of nitrogens with two attached hydrogens (primary N) is 1. The Balaban J connectivity index is 2.89. The largest absolute Gasteiger partial charge is 0.478 e. The third-order valence-electron chi connectivity index (χ3n) is 2.91. The molecule has 6 nitrogen and oxygen atoms in total. The molecule has 0 aliphatic rings. The van der Waals surface area contributed by atoms with Crippen LogP contribution in [-0.2, 0) is 16.1 Å². The van der Waals surface area contributed by atoms with Gasteiger partial charge in [-0.15, -0.1) is 0 Å². The van der Waals surface area contributed by atoms with Gasteiger partial charge < -0.3 is 20.5 Å². The molecule has 24 heavy (non-hydrogen) atoms. The Morgan fingerprint density at radius 1 is 1.38 bits per heavy atom. The first-order chi connectivity index (χ1) is 11.1. The molecule has 7 heteroatoms. The van der Waals surface area contributed by atoms with Crippen molar-refractivity contribution in [3.63, 3.8) is 0 Å². The molecule has 0 fully saturated rings. The highest BCUT2D eigenvalue weighted by atomic mass is 79.9. The van der Waals surface area contributed by atoms with E-state index in [0.29, 0.717) is 25.2 Å². The maximum Gasteiger partial charge on any atom is 0.410 e. The number of halogens is 1. The first-order valence-corrected chi connectivity index (χ1v) is 8.29. The zero-order valence-corrected chi connectivity index (χ0v) is 15.7. The number of anilines is 1. The number of amides is 1. The molecule has 132 valence electrons. The normalized spacial score (nSPS) is 11.5. The van der Waals surface area contributed by atoms with Crippen LogP contribution in [0.25, 0.3) is 0 Å². The van der Waals surface area contributed by atoms with Crippen molar-refractivity contribution < 1.29 is 19.4 Å². The van der Waals surface area contributed by atoms with Crippen molar-refractivity contribution in [1.29, 1.82) is 0 Å². The molecule has 0 unspecified atom stereocenters. The van der Waals surface area contributed by atoms with Crippen molar-refractivity contribution in [2.24, 2.45) is 0 Å². The van der Waals surface area contributed by atoms with E-state index in [4.69, 9.17) is 15.6 Å². The van der Waals surface area contributed by atoms with Crippen molar-refractivity contribution in [3.8, 4) is 0 Å². The molecule has 0 aliphatic carbocycles. The molecule has 0 saturated heterocycles. The second-order valence-electron chi connectivity index (χ2n) is 6.28. The molecule has 0 radical (unpaired) electrons. The van der Waals surface area contributed by atoms with Crippen LogP contribution >= 0.6 is 15.9 Å². The number of carbonyl (C=O) groups is 2. The average molecular weight is 399 g/mol. The summed E-state index contributed by atoms with van der Waals surface area (Å²) in [6.45, 7) is 6.03. The number of nitrogen functional groups attached to an aromatic ring is 1. The molecule has 3 N–H and O–H groups in total. The van der Waals surface area contributed by atoms with Gasteiger partial charge in [-0.25, -0.2) is 9.59 Å². The number of aliphatic carboxylic acids is 1. The fraction of sp³-hybridized carbons (Fsp3) is 0.412. The van der Waals surface area contributed by atoms with Crippen LogP contribution in [0.3, 0.4) is 0 Å². The van der Waals surface area contributed by atoms with E-state index in [1.165, 1.54) is 11.0 Å². The summed E-state index contributed by atoms with van der Waals surface area (Å²) in [6, 6.07) is 5.37. The van der Waals surface area contributed by atoms with Crippen molar-refractivity contribution in [1.82, 2.24) is 4.90 Å². The van der Waals surface area contributed by atoms with E-state index >= 15 is 0 Å². The van der Waals surface area contributed by atoms with Crippen LogP contribution in [0.4, 0.5) is 10.5 Å². The quantitative estimate of drug-likeness (QED) is 0.561. The van der Waals surface area contributed by atoms with E-state index in [2.05, 4.69) is 15.9 Å². The van der Waals surface area contributed by atoms with Gasteiger partial charge in [0.15, 0.2) is 0 Å². The summed E-state index contributed by atoms with van der Waals surface area (Å²) in [6.07, 6.45) is 2.52. The lowest BCUT2D eigenvalue weighted by Crippen LogP contribution is -2.37. The Bertz CT molecular complexity index is 624. The fourth-order valence-electron chi connectivity index (χ4n) is 1.90. The maximum absolute atomic E-state index is 12.4. The van der Waals surface area contributed by atoms with Crippen molar-refractivity contribution in [2.75, 3.05) is 12.3 Å². The first-order valence-electron chi connectivity index (χ1n) is 7.50. The van der Waals surface area contributed by atoms with Crippen LogP contribution in [0.1, 0.15) is 32.8 Å². The molecule has 1 amide bonds. The van der Waals surface area contributed by atoms with Crippen molar-refractivity contribution in [3.05, 3.63) is 40.4 Å². The van der Waals surface area contributed by atoms with Gasteiger partial charge in [0.05, 0.1) is 6.54 Å². The number of carbonyl (C=O) groups excluding carboxylic acids is 1. The maximum atomic E-state index is 12.4. The van der Waals surface area contributed by atoms with Gasteiger partial charge in [0.1, 0.15) is 5.60 Å². The number of hydrogen-bond donors (Lipinski definition) is 2. The molecule has 0 bridgehead atoms. The minimum Gasteiger partial charge on any atom is -0.478 e. The van der Waals surface area contributed by atoms with E-state index < -0.39 is 17.7 Å². The third-order valence-corrected chi connectivity index (χ3v) is 3.68. The van der Waals surface area contributed by atoms with E-state index in [1.807, 2.05) is 6.07 Å². The van der Waals surface area contributed by atoms with E-state index in [0.717, 1.165) is 16.1 Å². The standard InChI is InChI=1S/C17H23BrN2O4/c1-17(2,3)24-16(23)20(9-5-4-6-15(21)22)11-12-10-13(19)7-8-14(12)18/h4,6-8,10H,5,9,11,19H2,1-3H3,(H,21,22). The van der Waals surface area contributed by atoms with Crippen LogP contribution in [0.2, 0.25) is 0 Å². The predicted molar refractivity (Wildman–Crippen MR) is 96.6 cm³/mol. The lowest BCUT2D eigenvalue weighted by atomic mass is 10.2. The second kappa shape index (κ2) is 8.73. The predicted octanol–water partition coefficient (Wildman–Crippen LogP) is 3.80. The minimum atomic E-state index is -1.02. The zero-order chi connectivity index (χ0) is 18.3. The molecular formula is C17H23BrN2O4. The van der Waals surface area contributed by atoms with E-state index in [-0.39, 0.29) is 0 Å². The Hall–Kier alpha value is -2.02. The van der Waals surface area contributed by atoms with Gasteiger partial charge >= 0.3 is 12.1 Å². The summed E-state index contributed by atoms with van der Waals surface area (Å²) in [5.74, 6) is -1.02. The molecule has 0 aromatic heterocycles. The number of carboxylic acid groups (broad SMARTS) is 1. The van der Waals surface area contributed by atoms with Crippen LogP contribution < -0.4 is 5.73 Å². The summed E-state index contributed by atoms with van der Waals surface area (Å²) >= 11 is 3.44. The van der Waals surface area contributed by atoms with Crippen molar-refractivity contribution >= 4 is 33.7 Å². The van der Waals surface area contributed by atoms with Gasteiger partial charge in [0, 0.05) is 22.8 Å². The molecular weight excluding hydrogens is 376 g/mol. The minimum absolute atomic E-state index is 0.307. The lowest BCUT2D eigenvalue weighted by molar-refractivity contribution is -0.131. The summed E-state index contributed by atoms with van der Waals surface area (Å²) in [5.41, 5.74) is 6.64. The summed E-state index contributed by atoms with van der Waals surface area (Å²) in [4.78, 5) is 24.5. The number of benzene rings is 1. The van der Waals surface area contributed by atoms with Gasteiger partial charge in [-0.3, -0.25) is 0 Å². The number of rotatable bonds is 6. The summed E-state index contributed by atoms with van der Waals surface area (Å²) in [7, 11) is 0. The topological polar surface area (TPSA) is 92.9 Å². The van der Waals surface area contributed by atoms with Crippen LogP contribution in [0, 0.1) is 0 Å². The smallest absolute Gasteiger partial charge is 0.410 e. The van der Waals surface area contributed by atoms with Gasteiger partial charge in [-0.2, -0.15) is 0 Å². The molecule has 1 rings (SSSR count). The molecule has 1 aromatic rings. The average Bonchev–Trinajstić information content (AvgIpc) is 2.43. The molecule has 0 aliphatic heterocycles. The Morgan fingerprint density at radius 3 is 2.62 bits per heavy atom.